The van der Waals surface area contributed by atoms with Gasteiger partial charge in [0, 0.05) is 12.1 Å². The van der Waals surface area contributed by atoms with Crippen molar-refractivity contribution in [1.29, 1.82) is 0 Å². The van der Waals surface area contributed by atoms with Gasteiger partial charge in [-0.3, -0.25) is 19.7 Å². The standard InChI is InChI=1S/C16H12N6O6S2/c17-16-19-12-6-5-11(7-13(12)29-16)30(27,28)21-15(24)14(23)20-18-8-9-1-3-10(4-2-9)22(25)26/h1-8H,(H2,17,19)(H,20,23)(H,21,24)/b18-8-. The van der Waals surface area contributed by atoms with Gasteiger partial charge >= 0.3 is 11.8 Å². The van der Waals surface area contributed by atoms with Gasteiger partial charge in [0.2, 0.25) is 0 Å². The fourth-order valence-corrected chi connectivity index (χ4v) is 4.04. The maximum absolute atomic E-state index is 12.3. The number of non-ortho nitro benzene ring substituents is 1. The highest BCUT2D eigenvalue weighted by molar-refractivity contribution is 7.90. The smallest absolute Gasteiger partial charge is 0.330 e. The number of carbonyl (C=O) groups excluding carboxylic acids is 2. The molecule has 4 N–H and O–H groups in total. The van der Waals surface area contributed by atoms with Crippen molar-refractivity contribution in [1.82, 2.24) is 15.1 Å². The molecule has 0 fully saturated rings. The number of thiazole rings is 1. The number of anilines is 1. The number of rotatable bonds is 5. The van der Waals surface area contributed by atoms with Crippen LogP contribution in [0.15, 0.2) is 52.5 Å². The fraction of sp³-hybridized carbons (Fsp3) is 0. The van der Waals surface area contributed by atoms with Gasteiger partial charge in [-0.15, -0.1) is 0 Å². The Hall–Kier alpha value is -3.91. The highest BCUT2D eigenvalue weighted by Crippen LogP contribution is 2.26. The Labute approximate surface area is 172 Å². The van der Waals surface area contributed by atoms with Crippen molar-refractivity contribution in [2.24, 2.45) is 5.10 Å². The Morgan fingerprint density at radius 1 is 1.17 bits per heavy atom. The molecule has 2 aromatic carbocycles. The monoisotopic (exact) mass is 448 g/mol. The van der Waals surface area contributed by atoms with Crippen LogP contribution in [0.25, 0.3) is 10.2 Å². The molecule has 0 saturated carbocycles. The van der Waals surface area contributed by atoms with Crippen LogP contribution in [-0.4, -0.2) is 36.4 Å². The third-order valence-corrected chi connectivity index (χ3v) is 5.78. The molecule has 12 nitrogen and oxygen atoms in total. The minimum atomic E-state index is -4.31. The highest BCUT2D eigenvalue weighted by Gasteiger charge is 2.23. The molecule has 2 amide bonds. The van der Waals surface area contributed by atoms with Crippen LogP contribution in [0.2, 0.25) is 0 Å². The number of amides is 2. The second-order valence-corrected chi connectivity index (χ2v) is 8.41. The molecule has 0 aliphatic rings. The SMILES string of the molecule is Nc1nc2ccc(S(=O)(=O)NC(=O)C(=O)N/N=C\c3ccc([N+](=O)[O-])cc3)cc2s1. The minimum Gasteiger partial charge on any atom is -0.375 e. The first-order chi connectivity index (χ1) is 14.2. The lowest BCUT2D eigenvalue weighted by Crippen LogP contribution is -2.41. The summed E-state index contributed by atoms with van der Waals surface area (Å²) in [4.78, 5) is 37.4. The molecule has 0 aliphatic heterocycles. The number of hydrazone groups is 1. The van der Waals surface area contributed by atoms with Crippen LogP contribution in [0.5, 0.6) is 0 Å². The zero-order valence-corrected chi connectivity index (χ0v) is 16.4. The molecule has 30 heavy (non-hydrogen) atoms. The number of nitro benzene ring substituents is 1. The van der Waals surface area contributed by atoms with E-state index in [0.29, 0.717) is 15.8 Å². The average Bonchev–Trinajstić information content (AvgIpc) is 3.07. The van der Waals surface area contributed by atoms with E-state index in [1.165, 1.54) is 42.5 Å². The Morgan fingerprint density at radius 2 is 1.87 bits per heavy atom. The van der Waals surface area contributed by atoms with Crippen molar-refractivity contribution in [3.63, 3.8) is 0 Å². The lowest BCUT2D eigenvalue weighted by atomic mass is 10.2. The molecule has 0 unspecified atom stereocenters. The summed E-state index contributed by atoms with van der Waals surface area (Å²) in [6, 6.07) is 9.15. The van der Waals surface area contributed by atoms with Crippen LogP contribution in [0.3, 0.4) is 0 Å². The van der Waals surface area contributed by atoms with E-state index in [2.05, 4.69) is 10.1 Å². The number of nitrogens with two attached hydrogens (primary N) is 1. The summed E-state index contributed by atoms with van der Waals surface area (Å²) >= 11 is 1.07. The van der Waals surface area contributed by atoms with Gasteiger partial charge in [-0.1, -0.05) is 11.3 Å². The van der Waals surface area contributed by atoms with E-state index in [9.17, 15) is 28.1 Å². The molecule has 0 aliphatic carbocycles. The van der Waals surface area contributed by atoms with Gasteiger partial charge in [0.15, 0.2) is 5.13 Å². The van der Waals surface area contributed by atoms with Crippen molar-refractivity contribution < 1.29 is 22.9 Å². The first kappa shape index (κ1) is 20.8. The van der Waals surface area contributed by atoms with E-state index >= 15 is 0 Å². The predicted molar refractivity (Wildman–Crippen MR) is 108 cm³/mol. The van der Waals surface area contributed by atoms with Gasteiger partial charge in [0.25, 0.3) is 15.7 Å². The number of fused-ring (bicyclic) bond motifs is 1. The van der Waals surface area contributed by atoms with Gasteiger partial charge in [0.1, 0.15) is 0 Å². The largest absolute Gasteiger partial charge is 0.375 e. The highest BCUT2D eigenvalue weighted by atomic mass is 32.2. The lowest BCUT2D eigenvalue weighted by molar-refractivity contribution is -0.384. The van der Waals surface area contributed by atoms with E-state index < -0.39 is 26.8 Å². The third-order valence-electron chi connectivity index (χ3n) is 3.60. The number of nitrogens with zero attached hydrogens (tertiary/aromatic N) is 3. The maximum Gasteiger partial charge on any atom is 0.330 e. The molecule has 1 heterocycles. The fourth-order valence-electron chi connectivity index (χ4n) is 2.22. The van der Waals surface area contributed by atoms with Crippen molar-refractivity contribution in [2.45, 2.75) is 4.90 Å². The molecular weight excluding hydrogens is 436 g/mol. The van der Waals surface area contributed by atoms with Gasteiger partial charge < -0.3 is 5.73 Å². The van der Waals surface area contributed by atoms with Crippen LogP contribution in [-0.2, 0) is 19.6 Å². The molecule has 154 valence electrons. The summed E-state index contributed by atoms with van der Waals surface area (Å²) in [5, 5.41) is 14.4. The Balaban J connectivity index is 1.63. The molecule has 3 rings (SSSR count). The summed E-state index contributed by atoms with van der Waals surface area (Å²) in [6.45, 7) is 0. The lowest BCUT2D eigenvalue weighted by Gasteiger charge is -2.06. The second kappa shape index (κ2) is 8.22. The van der Waals surface area contributed by atoms with Crippen molar-refractivity contribution >= 4 is 60.4 Å². The maximum atomic E-state index is 12.3. The number of nitrogens with one attached hydrogen (secondary N) is 2. The molecule has 0 bridgehead atoms. The van der Waals surface area contributed by atoms with Gasteiger partial charge in [-0.2, -0.15) is 5.10 Å². The number of benzene rings is 2. The summed E-state index contributed by atoms with van der Waals surface area (Å²) in [5.41, 5.74) is 8.23. The quantitative estimate of drug-likeness (QED) is 0.220. The predicted octanol–water partition coefficient (Wildman–Crippen LogP) is 0.742. The van der Waals surface area contributed by atoms with Crippen molar-refractivity contribution in [3.8, 4) is 0 Å². The zero-order chi connectivity index (χ0) is 21.9. The molecule has 14 heteroatoms. The molecule has 0 saturated heterocycles. The average molecular weight is 448 g/mol. The summed E-state index contributed by atoms with van der Waals surface area (Å²) in [7, 11) is -4.31. The first-order valence-corrected chi connectivity index (χ1v) is 10.3. The number of carbonyl (C=O) groups is 2. The number of hydrogen-bond acceptors (Lipinski definition) is 10. The normalized spacial score (nSPS) is 11.5. The summed E-state index contributed by atoms with van der Waals surface area (Å²) in [5.74, 6) is -2.76. The number of nitro groups is 1. The topological polar surface area (TPSA) is 187 Å². The summed E-state index contributed by atoms with van der Waals surface area (Å²) in [6.07, 6.45) is 1.13. The van der Waals surface area contributed by atoms with Crippen molar-refractivity contribution in [3.05, 3.63) is 58.1 Å². The molecular formula is C16H12N6O6S2. The van der Waals surface area contributed by atoms with E-state index in [1.54, 1.807) is 4.72 Å². The van der Waals surface area contributed by atoms with E-state index in [1.807, 2.05) is 5.43 Å². The number of sulfonamides is 1. The van der Waals surface area contributed by atoms with E-state index in [-0.39, 0.29) is 15.7 Å². The number of nitrogen functional groups attached to an aromatic ring is 1. The molecule has 1 aromatic heterocycles. The van der Waals surface area contributed by atoms with Crippen LogP contribution in [0, 0.1) is 10.1 Å². The Kier molecular flexibility index (Phi) is 5.70. The van der Waals surface area contributed by atoms with E-state index in [0.717, 1.165) is 17.6 Å². The minimum absolute atomic E-state index is 0.125. The van der Waals surface area contributed by atoms with Crippen LogP contribution < -0.4 is 15.9 Å². The molecule has 3 aromatic rings. The van der Waals surface area contributed by atoms with Gasteiger partial charge in [0.05, 0.1) is 26.3 Å². The van der Waals surface area contributed by atoms with Crippen molar-refractivity contribution in [2.75, 3.05) is 5.73 Å². The second-order valence-electron chi connectivity index (χ2n) is 5.66. The summed E-state index contributed by atoms with van der Waals surface area (Å²) < 4.78 is 26.8. The Bertz CT molecular complexity index is 1280. The van der Waals surface area contributed by atoms with Crippen LogP contribution in [0.1, 0.15) is 5.56 Å². The molecule has 0 spiro atoms. The molecule has 0 atom stereocenters. The zero-order valence-electron chi connectivity index (χ0n) is 14.8. The van der Waals surface area contributed by atoms with Crippen LogP contribution >= 0.6 is 11.3 Å². The van der Waals surface area contributed by atoms with E-state index in [4.69, 9.17) is 5.73 Å². The third kappa shape index (κ3) is 4.73. The van der Waals surface area contributed by atoms with Gasteiger partial charge in [-0.25, -0.2) is 23.5 Å². The first-order valence-electron chi connectivity index (χ1n) is 7.96. The Morgan fingerprint density at radius 3 is 2.53 bits per heavy atom. The van der Waals surface area contributed by atoms with Crippen LogP contribution in [0.4, 0.5) is 10.8 Å². The van der Waals surface area contributed by atoms with Gasteiger partial charge in [-0.05, 0) is 35.9 Å². The molecule has 0 radical (unpaired) electrons. The number of hydrogen-bond donors (Lipinski definition) is 3. The number of aromatic nitrogens is 1.